The van der Waals surface area contributed by atoms with E-state index in [2.05, 4.69) is 4.90 Å². The topological polar surface area (TPSA) is 40.5 Å². The fourth-order valence-electron chi connectivity index (χ4n) is 3.09. The van der Waals surface area contributed by atoms with Gasteiger partial charge in [0.1, 0.15) is 0 Å². The highest BCUT2D eigenvalue weighted by molar-refractivity contribution is 5.97. The summed E-state index contributed by atoms with van der Waals surface area (Å²) >= 11 is 0. The van der Waals surface area contributed by atoms with E-state index in [-0.39, 0.29) is 18.3 Å². The second-order valence-corrected chi connectivity index (χ2v) is 5.91. The number of aliphatic hydroxyl groups excluding tert-OH is 1. The van der Waals surface area contributed by atoms with Gasteiger partial charge in [-0.1, -0.05) is 37.3 Å². The Morgan fingerprint density at radius 3 is 2.85 bits per heavy atom. The van der Waals surface area contributed by atoms with Crippen LogP contribution in [0.2, 0.25) is 0 Å². The second-order valence-electron chi connectivity index (χ2n) is 5.91. The Hall–Kier alpha value is -1.19. The molecule has 1 fully saturated rings. The van der Waals surface area contributed by atoms with Gasteiger partial charge < -0.3 is 10.0 Å². The third-order valence-corrected chi connectivity index (χ3v) is 4.18. The number of Topliss-reactive ketones (excluding diaryl/α,β-unsaturated/α-hetero) is 1. The first-order valence-electron chi connectivity index (χ1n) is 7.63. The molecule has 20 heavy (non-hydrogen) atoms. The number of benzene rings is 1. The molecule has 0 bridgehead atoms. The molecule has 1 aliphatic rings. The molecule has 0 radical (unpaired) electrons. The monoisotopic (exact) mass is 275 g/mol. The van der Waals surface area contributed by atoms with Crippen molar-refractivity contribution in [2.75, 3.05) is 26.2 Å². The van der Waals surface area contributed by atoms with Crippen molar-refractivity contribution in [1.82, 2.24) is 4.90 Å². The van der Waals surface area contributed by atoms with E-state index in [4.69, 9.17) is 5.11 Å². The van der Waals surface area contributed by atoms with Crippen molar-refractivity contribution in [1.29, 1.82) is 0 Å². The maximum atomic E-state index is 12.4. The molecular formula is C17H25NO2. The van der Waals surface area contributed by atoms with Gasteiger partial charge >= 0.3 is 0 Å². The Bertz CT molecular complexity index is 416. The van der Waals surface area contributed by atoms with Crippen LogP contribution < -0.4 is 0 Å². The zero-order valence-electron chi connectivity index (χ0n) is 12.3. The Morgan fingerprint density at radius 2 is 2.15 bits per heavy atom. The molecule has 0 amide bonds. The van der Waals surface area contributed by atoms with Crippen LogP contribution in [0.15, 0.2) is 30.3 Å². The summed E-state index contributed by atoms with van der Waals surface area (Å²) in [6.07, 6.45) is 3.27. The molecule has 3 nitrogen and oxygen atoms in total. The number of aliphatic hydroxyl groups is 1. The van der Waals surface area contributed by atoms with E-state index in [1.54, 1.807) is 0 Å². The number of carbonyl (C=O) groups excluding carboxylic acids is 1. The Balaban J connectivity index is 1.87. The van der Waals surface area contributed by atoms with Gasteiger partial charge in [-0.2, -0.15) is 0 Å². The largest absolute Gasteiger partial charge is 0.396 e. The maximum Gasteiger partial charge on any atom is 0.166 e. The summed E-state index contributed by atoms with van der Waals surface area (Å²) in [6.45, 7) is 5.22. The lowest BCUT2D eigenvalue weighted by Crippen LogP contribution is -2.39. The molecule has 2 atom stereocenters. The summed E-state index contributed by atoms with van der Waals surface area (Å²) in [4.78, 5) is 14.7. The maximum absolute atomic E-state index is 12.4. The number of carbonyl (C=O) groups is 1. The van der Waals surface area contributed by atoms with Crippen LogP contribution in [0.4, 0.5) is 0 Å². The van der Waals surface area contributed by atoms with E-state index < -0.39 is 0 Å². The number of ketones is 1. The van der Waals surface area contributed by atoms with E-state index in [0.717, 1.165) is 31.6 Å². The SMILES string of the molecule is CC(CN1CCCC(CCO)C1)C(=O)c1ccccc1. The first-order chi connectivity index (χ1) is 9.70. The first-order valence-corrected chi connectivity index (χ1v) is 7.63. The Labute approximate surface area is 121 Å². The minimum atomic E-state index is 0.0327. The zero-order valence-corrected chi connectivity index (χ0v) is 12.3. The van der Waals surface area contributed by atoms with Gasteiger partial charge in [-0.05, 0) is 31.7 Å². The van der Waals surface area contributed by atoms with Crippen LogP contribution in [0.5, 0.6) is 0 Å². The molecule has 1 aromatic carbocycles. The molecule has 0 aromatic heterocycles. The lowest BCUT2D eigenvalue weighted by atomic mass is 9.93. The van der Waals surface area contributed by atoms with Crippen molar-refractivity contribution < 1.29 is 9.90 Å². The number of hydrogen-bond donors (Lipinski definition) is 1. The summed E-state index contributed by atoms with van der Waals surface area (Å²) in [6, 6.07) is 9.55. The van der Waals surface area contributed by atoms with Crippen LogP contribution in [0.3, 0.4) is 0 Å². The highest BCUT2D eigenvalue weighted by Gasteiger charge is 2.23. The Kier molecular flexibility index (Phi) is 5.74. The fraction of sp³-hybridized carbons (Fsp3) is 0.588. The number of hydrogen-bond acceptors (Lipinski definition) is 3. The summed E-state index contributed by atoms with van der Waals surface area (Å²) < 4.78 is 0. The van der Waals surface area contributed by atoms with Crippen LogP contribution in [0.25, 0.3) is 0 Å². The van der Waals surface area contributed by atoms with Gasteiger partial charge in [-0.3, -0.25) is 4.79 Å². The van der Waals surface area contributed by atoms with E-state index >= 15 is 0 Å². The number of piperidine rings is 1. The summed E-state index contributed by atoms with van der Waals surface area (Å²) in [5, 5.41) is 9.05. The normalized spacial score (nSPS) is 21.6. The molecule has 3 heteroatoms. The third-order valence-electron chi connectivity index (χ3n) is 4.18. The van der Waals surface area contributed by atoms with Crippen LogP contribution in [-0.2, 0) is 0 Å². The fourth-order valence-corrected chi connectivity index (χ4v) is 3.09. The molecule has 1 aliphatic heterocycles. The minimum absolute atomic E-state index is 0.0327. The number of likely N-dealkylation sites (tertiary alicyclic amines) is 1. The van der Waals surface area contributed by atoms with Crippen molar-refractivity contribution >= 4 is 5.78 Å². The molecule has 0 aliphatic carbocycles. The second kappa shape index (κ2) is 7.55. The molecule has 2 rings (SSSR count). The standard InChI is InChI=1S/C17H25NO2/c1-14(17(20)16-7-3-2-4-8-16)12-18-10-5-6-15(13-18)9-11-19/h2-4,7-8,14-15,19H,5-6,9-13H2,1H3. The van der Waals surface area contributed by atoms with E-state index in [0.29, 0.717) is 5.92 Å². The molecule has 2 unspecified atom stereocenters. The Morgan fingerprint density at radius 1 is 1.40 bits per heavy atom. The summed E-state index contributed by atoms with van der Waals surface area (Å²) in [5.41, 5.74) is 0.809. The van der Waals surface area contributed by atoms with E-state index in [1.165, 1.54) is 12.8 Å². The van der Waals surface area contributed by atoms with Gasteiger partial charge in [-0.25, -0.2) is 0 Å². The van der Waals surface area contributed by atoms with Gasteiger partial charge in [0.25, 0.3) is 0 Å². The molecule has 110 valence electrons. The van der Waals surface area contributed by atoms with Gasteiger partial charge in [0.2, 0.25) is 0 Å². The first kappa shape index (κ1) is 15.2. The van der Waals surface area contributed by atoms with Crippen LogP contribution in [-0.4, -0.2) is 42.0 Å². The van der Waals surface area contributed by atoms with Gasteiger partial charge in [0.15, 0.2) is 5.78 Å². The number of nitrogens with zero attached hydrogens (tertiary/aromatic N) is 1. The van der Waals surface area contributed by atoms with Crippen molar-refractivity contribution in [3.05, 3.63) is 35.9 Å². The van der Waals surface area contributed by atoms with Gasteiger partial charge in [-0.15, -0.1) is 0 Å². The van der Waals surface area contributed by atoms with E-state index in [1.807, 2.05) is 37.3 Å². The lowest BCUT2D eigenvalue weighted by Gasteiger charge is -2.33. The predicted molar refractivity (Wildman–Crippen MR) is 80.8 cm³/mol. The smallest absolute Gasteiger partial charge is 0.166 e. The lowest BCUT2D eigenvalue weighted by molar-refractivity contribution is 0.0848. The van der Waals surface area contributed by atoms with Crippen molar-refractivity contribution in [3.8, 4) is 0 Å². The average molecular weight is 275 g/mol. The summed E-state index contributed by atoms with van der Waals surface area (Å²) in [7, 11) is 0. The average Bonchev–Trinajstić information content (AvgIpc) is 2.48. The molecule has 1 N–H and O–H groups in total. The molecular weight excluding hydrogens is 250 g/mol. The van der Waals surface area contributed by atoms with Crippen molar-refractivity contribution in [2.45, 2.75) is 26.2 Å². The number of rotatable bonds is 6. The van der Waals surface area contributed by atoms with Crippen molar-refractivity contribution in [2.24, 2.45) is 11.8 Å². The molecule has 1 aromatic rings. The third kappa shape index (κ3) is 4.15. The summed E-state index contributed by atoms with van der Waals surface area (Å²) in [5.74, 6) is 0.855. The quantitative estimate of drug-likeness (QED) is 0.811. The van der Waals surface area contributed by atoms with Crippen LogP contribution in [0, 0.1) is 11.8 Å². The minimum Gasteiger partial charge on any atom is -0.396 e. The molecule has 1 saturated heterocycles. The van der Waals surface area contributed by atoms with Crippen LogP contribution >= 0.6 is 0 Å². The van der Waals surface area contributed by atoms with E-state index in [9.17, 15) is 4.79 Å². The highest BCUT2D eigenvalue weighted by atomic mass is 16.3. The van der Waals surface area contributed by atoms with Gasteiger partial charge in [0.05, 0.1) is 0 Å². The molecule has 0 saturated carbocycles. The van der Waals surface area contributed by atoms with Gasteiger partial charge in [0, 0.05) is 31.2 Å². The zero-order chi connectivity index (χ0) is 14.4. The highest BCUT2D eigenvalue weighted by Crippen LogP contribution is 2.21. The predicted octanol–water partition coefficient (Wildman–Crippen LogP) is 2.60. The van der Waals surface area contributed by atoms with Crippen LogP contribution in [0.1, 0.15) is 36.5 Å². The molecule has 1 heterocycles. The van der Waals surface area contributed by atoms with Crippen molar-refractivity contribution in [3.63, 3.8) is 0 Å². The molecule has 0 spiro atoms.